The molecule has 2 aromatic rings. The Kier molecular flexibility index (Phi) is 5.32. The summed E-state index contributed by atoms with van der Waals surface area (Å²) in [5, 5.41) is 3.25. The highest BCUT2D eigenvalue weighted by Crippen LogP contribution is 2.24. The predicted molar refractivity (Wildman–Crippen MR) is 85.7 cm³/mol. The summed E-state index contributed by atoms with van der Waals surface area (Å²) < 4.78 is 14.3. The zero-order chi connectivity index (χ0) is 14.5. The van der Waals surface area contributed by atoms with Crippen molar-refractivity contribution < 1.29 is 4.39 Å². The number of rotatable bonds is 5. The van der Waals surface area contributed by atoms with Crippen LogP contribution < -0.4 is 5.32 Å². The van der Waals surface area contributed by atoms with Crippen LogP contribution in [0.2, 0.25) is 0 Å². The highest BCUT2D eigenvalue weighted by atomic mass is 79.9. The van der Waals surface area contributed by atoms with Crippen LogP contribution >= 0.6 is 15.9 Å². The molecule has 2 rings (SSSR count). The van der Waals surface area contributed by atoms with E-state index >= 15 is 0 Å². The number of likely N-dealkylation sites (N-methyl/N-ethyl adjacent to an activating group) is 1. The Morgan fingerprint density at radius 1 is 1.15 bits per heavy atom. The molecule has 0 aromatic heterocycles. The molecule has 1 N–H and O–H groups in total. The second-order valence-corrected chi connectivity index (χ2v) is 6.00. The average molecular weight is 336 g/mol. The van der Waals surface area contributed by atoms with E-state index in [1.165, 1.54) is 11.1 Å². The molecule has 0 saturated carbocycles. The average Bonchev–Trinajstić information content (AvgIpc) is 2.42. The van der Waals surface area contributed by atoms with Crippen LogP contribution in [0, 0.1) is 12.7 Å². The Labute approximate surface area is 128 Å². The van der Waals surface area contributed by atoms with Gasteiger partial charge < -0.3 is 5.32 Å². The van der Waals surface area contributed by atoms with Crippen LogP contribution in [0.15, 0.2) is 46.9 Å². The minimum Gasteiger partial charge on any atom is -0.319 e. The molecule has 0 radical (unpaired) electrons. The van der Waals surface area contributed by atoms with Gasteiger partial charge in [-0.15, -0.1) is 0 Å². The van der Waals surface area contributed by atoms with Gasteiger partial charge in [-0.2, -0.15) is 0 Å². The van der Waals surface area contributed by atoms with Crippen molar-refractivity contribution in [1.29, 1.82) is 0 Å². The van der Waals surface area contributed by atoms with Crippen LogP contribution in [0.3, 0.4) is 0 Å². The first-order valence-electron chi connectivity index (χ1n) is 6.75. The summed E-state index contributed by atoms with van der Waals surface area (Å²) in [6.45, 7) is 2.87. The Balaban J connectivity index is 2.22. The topological polar surface area (TPSA) is 12.0 Å². The molecular weight excluding hydrogens is 317 g/mol. The molecule has 1 atom stereocenters. The summed E-state index contributed by atoms with van der Waals surface area (Å²) in [6, 6.07) is 13.5. The molecule has 1 unspecified atom stereocenters. The predicted octanol–water partition coefficient (Wildman–Crippen LogP) is 4.44. The molecule has 0 amide bonds. The van der Waals surface area contributed by atoms with E-state index in [1.807, 2.05) is 20.0 Å². The highest BCUT2D eigenvalue weighted by molar-refractivity contribution is 9.10. The SMILES string of the molecule is CNCC(Cc1ccc(F)cc1C)c1ccc(Br)cc1. The van der Waals surface area contributed by atoms with Crippen molar-refractivity contribution in [3.63, 3.8) is 0 Å². The minimum atomic E-state index is -0.167. The van der Waals surface area contributed by atoms with Gasteiger partial charge in [-0.05, 0) is 61.3 Å². The van der Waals surface area contributed by atoms with E-state index in [2.05, 4.69) is 45.5 Å². The van der Waals surface area contributed by atoms with Crippen LogP contribution in [-0.4, -0.2) is 13.6 Å². The van der Waals surface area contributed by atoms with Gasteiger partial charge in [0.25, 0.3) is 0 Å². The zero-order valence-electron chi connectivity index (χ0n) is 11.8. The molecular formula is C17H19BrFN. The van der Waals surface area contributed by atoms with Gasteiger partial charge in [0.15, 0.2) is 0 Å². The van der Waals surface area contributed by atoms with Gasteiger partial charge in [-0.25, -0.2) is 4.39 Å². The number of benzene rings is 2. The number of hydrogen-bond donors (Lipinski definition) is 1. The number of nitrogens with one attached hydrogen (secondary N) is 1. The molecule has 106 valence electrons. The molecule has 20 heavy (non-hydrogen) atoms. The van der Waals surface area contributed by atoms with Gasteiger partial charge in [0.05, 0.1) is 0 Å². The quantitative estimate of drug-likeness (QED) is 0.851. The monoisotopic (exact) mass is 335 g/mol. The molecule has 0 fully saturated rings. The third kappa shape index (κ3) is 3.90. The summed E-state index contributed by atoms with van der Waals surface area (Å²) in [4.78, 5) is 0. The molecule has 0 saturated heterocycles. The highest BCUT2D eigenvalue weighted by Gasteiger charge is 2.13. The van der Waals surface area contributed by atoms with Gasteiger partial charge in [-0.1, -0.05) is 34.1 Å². The Hall–Kier alpha value is -1.19. The number of hydrogen-bond acceptors (Lipinski definition) is 1. The van der Waals surface area contributed by atoms with Gasteiger partial charge in [0.1, 0.15) is 5.82 Å². The smallest absolute Gasteiger partial charge is 0.123 e. The molecule has 2 aromatic carbocycles. The van der Waals surface area contributed by atoms with E-state index < -0.39 is 0 Å². The zero-order valence-corrected chi connectivity index (χ0v) is 13.4. The summed E-state index contributed by atoms with van der Waals surface area (Å²) in [7, 11) is 1.96. The van der Waals surface area contributed by atoms with Gasteiger partial charge in [0, 0.05) is 16.9 Å². The Morgan fingerprint density at radius 3 is 2.45 bits per heavy atom. The molecule has 0 aliphatic heterocycles. The van der Waals surface area contributed by atoms with Gasteiger partial charge in [-0.3, -0.25) is 0 Å². The van der Waals surface area contributed by atoms with E-state index in [0.717, 1.165) is 23.0 Å². The van der Waals surface area contributed by atoms with Crippen LogP contribution in [0.1, 0.15) is 22.6 Å². The van der Waals surface area contributed by atoms with E-state index in [-0.39, 0.29) is 5.82 Å². The van der Waals surface area contributed by atoms with E-state index in [4.69, 9.17) is 0 Å². The van der Waals surface area contributed by atoms with Crippen molar-refractivity contribution in [3.05, 3.63) is 69.4 Å². The molecule has 0 aliphatic carbocycles. The normalized spacial score (nSPS) is 12.4. The maximum Gasteiger partial charge on any atom is 0.123 e. The van der Waals surface area contributed by atoms with Gasteiger partial charge in [0.2, 0.25) is 0 Å². The second kappa shape index (κ2) is 7.00. The van der Waals surface area contributed by atoms with Crippen LogP contribution in [0.5, 0.6) is 0 Å². The first-order chi connectivity index (χ1) is 9.60. The fourth-order valence-corrected chi connectivity index (χ4v) is 2.71. The van der Waals surface area contributed by atoms with Crippen LogP contribution in [0.25, 0.3) is 0 Å². The lowest BCUT2D eigenvalue weighted by Gasteiger charge is -2.18. The van der Waals surface area contributed by atoms with E-state index in [0.29, 0.717) is 5.92 Å². The molecule has 0 spiro atoms. The standard InChI is InChI=1S/C17H19BrFN/c1-12-9-17(19)8-5-14(12)10-15(11-20-2)13-3-6-16(18)7-4-13/h3-9,15,20H,10-11H2,1-2H3. The Morgan fingerprint density at radius 2 is 1.85 bits per heavy atom. The fraction of sp³-hybridized carbons (Fsp3) is 0.294. The maximum absolute atomic E-state index is 13.2. The summed E-state index contributed by atoms with van der Waals surface area (Å²) in [5.74, 6) is 0.220. The molecule has 1 nitrogen and oxygen atoms in total. The lowest BCUT2D eigenvalue weighted by molar-refractivity contribution is 0.613. The third-order valence-corrected chi connectivity index (χ3v) is 4.09. The lowest BCUT2D eigenvalue weighted by Crippen LogP contribution is -2.19. The van der Waals surface area contributed by atoms with Gasteiger partial charge >= 0.3 is 0 Å². The van der Waals surface area contributed by atoms with E-state index in [1.54, 1.807) is 12.1 Å². The van der Waals surface area contributed by atoms with Crippen molar-refractivity contribution >= 4 is 15.9 Å². The summed E-state index contributed by atoms with van der Waals surface area (Å²) in [5.41, 5.74) is 3.52. The van der Waals surface area contributed by atoms with Crippen molar-refractivity contribution in [2.75, 3.05) is 13.6 Å². The van der Waals surface area contributed by atoms with Crippen LogP contribution in [0.4, 0.5) is 4.39 Å². The van der Waals surface area contributed by atoms with Crippen molar-refractivity contribution in [3.8, 4) is 0 Å². The van der Waals surface area contributed by atoms with Crippen molar-refractivity contribution in [1.82, 2.24) is 5.32 Å². The largest absolute Gasteiger partial charge is 0.319 e. The Bertz CT molecular complexity index is 566. The van der Waals surface area contributed by atoms with Crippen molar-refractivity contribution in [2.45, 2.75) is 19.3 Å². The summed E-state index contributed by atoms with van der Waals surface area (Å²) >= 11 is 3.46. The minimum absolute atomic E-state index is 0.167. The first-order valence-corrected chi connectivity index (χ1v) is 7.54. The first kappa shape index (κ1) is 15.2. The second-order valence-electron chi connectivity index (χ2n) is 5.08. The third-order valence-electron chi connectivity index (χ3n) is 3.56. The lowest BCUT2D eigenvalue weighted by atomic mass is 9.90. The summed E-state index contributed by atoms with van der Waals surface area (Å²) in [6.07, 6.45) is 0.911. The maximum atomic E-state index is 13.2. The van der Waals surface area contributed by atoms with Crippen molar-refractivity contribution in [2.24, 2.45) is 0 Å². The molecule has 0 bridgehead atoms. The number of halogens is 2. The van der Waals surface area contributed by atoms with Crippen LogP contribution in [-0.2, 0) is 6.42 Å². The molecule has 3 heteroatoms. The fourth-order valence-electron chi connectivity index (χ4n) is 2.44. The molecule has 0 aliphatic rings. The molecule has 0 heterocycles. The van der Waals surface area contributed by atoms with E-state index in [9.17, 15) is 4.39 Å². The number of aryl methyl sites for hydroxylation is 1.